The van der Waals surface area contributed by atoms with E-state index in [0.717, 1.165) is 49.2 Å². The molecule has 2 N–H and O–H groups in total. The van der Waals surface area contributed by atoms with Crippen LogP contribution in [0.2, 0.25) is 0 Å². The summed E-state index contributed by atoms with van der Waals surface area (Å²) in [6, 6.07) is 5.45. The van der Waals surface area contributed by atoms with Crippen LogP contribution in [0.3, 0.4) is 0 Å². The Morgan fingerprint density at radius 1 is 1.33 bits per heavy atom. The van der Waals surface area contributed by atoms with Gasteiger partial charge in [-0.05, 0) is 61.9 Å². The Morgan fingerprint density at radius 3 is 2.62 bits per heavy atom. The number of hydrogen-bond donors (Lipinski definition) is 2. The zero-order chi connectivity index (χ0) is 16.7. The zero-order valence-electron chi connectivity index (χ0n) is 14.1. The monoisotopic (exact) mass is 372 g/mol. The van der Waals surface area contributed by atoms with E-state index < -0.39 is 9.84 Å². The van der Waals surface area contributed by atoms with Crippen molar-refractivity contribution in [2.75, 3.05) is 24.7 Å². The van der Waals surface area contributed by atoms with E-state index in [4.69, 9.17) is 0 Å². The number of rotatable bonds is 4. The standard InChI is InChI=1S/C17H24N2O3S.ClH/c1-12-13(11-23(2,21)22)4-3-5-15(12)19-16(20)14-10-17(14)6-8-18-9-7-17;/h3-5,14,18H,6-11H2,1-2H3,(H,19,20);1H. The lowest BCUT2D eigenvalue weighted by atomic mass is 9.91. The lowest BCUT2D eigenvalue weighted by Gasteiger charge is -2.23. The zero-order valence-corrected chi connectivity index (χ0v) is 15.7. The molecule has 3 rings (SSSR count). The largest absolute Gasteiger partial charge is 0.326 e. The van der Waals surface area contributed by atoms with Crippen molar-refractivity contribution < 1.29 is 13.2 Å². The van der Waals surface area contributed by atoms with E-state index in [1.54, 1.807) is 12.1 Å². The number of benzene rings is 1. The summed E-state index contributed by atoms with van der Waals surface area (Å²) in [5.41, 5.74) is 2.52. The van der Waals surface area contributed by atoms with Crippen molar-refractivity contribution in [2.24, 2.45) is 11.3 Å². The summed E-state index contributed by atoms with van der Waals surface area (Å²) < 4.78 is 23.0. The first-order valence-corrected chi connectivity index (χ1v) is 10.1. The Balaban J connectivity index is 0.00000208. The highest BCUT2D eigenvalue weighted by Crippen LogP contribution is 2.58. The van der Waals surface area contributed by atoms with E-state index >= 15 is 0 Å². The van der Waals surface area contributed by atoms with Gasteiger partial charge < -0.3 is 10.6 Å². The van der Waals surface area contributed by atoms with Gasteiger partial charge in [-0.1, -0.05) is 12.1 Å². The van der Waals surface area contributed by atoms with Crippen LogP contribution in [-0.2, 0) is 20.4 Å². The lowest BCUT2D eigenvalue weighted by Crippen LogP contribution is -2.31. The number of amides is 1. The molecule has 1 aliphatic carbocycles. The third-order valence-corrected chi connectivity index (χ3v) is 6.06. The first-order chi connectivity index (χ1) is 10.8. The van der Waals surface area contributed by atoms with Gasteiger partial charge in [0.15, 0.2) is 9.84 Å². The van der Waals surface area contributed by atoms with Crippen LogP contribution in [0.4, 0.5) is 5.69 Å². The van der Waals surface area contributed by atoms with E-state index in [1.165, 1.54) is 6.26 Å². The molecular formula is C17H25ClN2O3S. The molecular weight excluding hydrogens is 348 g/mol. The Bertz CT molecular complexity index is 727. The number of hydrogen-bond acceptors (Lipinski definition) is 4. The first-order valence-electron chi connectivity index (χ1n) is 8.09. The highest BCUT2D eigenvalue weighted by atomic mass is 35.5. The molecule has 1 amide bonds. The van der Waals surface area contributed by atoms with E-state index in [1.807, 2.05) is 13.0 Å². The van der Waals surface area contributed by atoms with Gasteiger partial charge in [0.05, 0.1) is 5.75 Å². The van der Waals surface area contributed by atoms with Crippen LogP contribution in [0.15, 0.2) is 18.2 Å². The van der Waals surface area contributed by atoms with Crippen LogP contribution in [-0.4, -0.2) is 33.7 Å². The van der Waals surface area contributed by atoms with Crippen LogP contribution >= 0.6 is 12.4 Å². The van der Waals surface area contributed by atoms with Gasteiger partial charge in [0.1, 0.15) is 0 Å². The highest BCUT2D eigenvalue weighted by molar-refractivity contribution is 7.89. The number of nitrogens with one attached hydrogen (secondary N) is 2. The molecule has 0 bridgehead atoms. The van der Waals surface area contributed by atoms with E-state index in [0.29, 0.717) is 0 Å². The molecule has 1 aromatic carbocycles. The second-order valence-electron chi connectivity index (χ2n) is 7.02. The molecule has 0 aromatic heterocycles. The van der Waals surface area contributed by atoms with Crippen LogP contribution in [0.5, 0.6) is 0 Å². The summed E-state index contributed by atoms with van der Waals surface area (Å²) in [5.74, 6) is 0.177. The number of anilines is 1. The smallest absolute Gasteiger partial charge is 0.228 e. The summed E-state index contributed by atoms with van der Waals surface area (Å²) in [4.78, 5) is 12.5. The fourth-order valence-electron chi connectivity index (χ4n) is 3.67. The minimum atomic E-state index is -3.09. The van der Waals surface area contributed by atoms with Crippen molar-refractivity contribution in [1.82, 2.24) is 5.32 Å². The van der Waals surface area contributed by atoms with Gasteiger partial charge in [0.25, 0.3) is 0 Å². The summed E-state index contributed by atoms with van der Waals surface area (Å²) >= 11 is 0. The van der Waals surface area contributed by atoms with Crippen molar-refractivity contribution in [3.05, 3.63) is 29.3 Å². The maximum absolute atomic E-state index is 12.5. The van der Waals surface area contributed by atoms with E-state index in [9.17, 15) is 13.2 Å². The fraction of sp³-hybridized carbons (Fsp3) is 0.588. The van der Waals surface area contributed by atoms with Crippen molar-refractivity contribution in [3.63, 3.8) is 0 Å². The average molecular weight is 373 g/mol. The predicted molar refractivity (Wildman–Crippen MR) is 98.2 cm³/mol. The number of halogens is 1. The van der Waals surface area contributed by atoms with Gasteiger partial charge in [0.2, 0.25) is 5.91 Å². The lowest BCUT2D eigenvalue weighted by molar-refractivity contribution is -0.118. The average Bonchev–Trinajstić information content (AvgIpc) is 3.16. The van der Waals surface area contributed by atoms with Crippen molar-refractivity contribution in [2.45, 2.75) is 31.9 Å². The summed E-state index contributed by atoms with van der Waals surface area (Å²) in [7, 11) is -3.09. The molecule has 2 fully saturated rings. The van der Waals surface area contributed by atoms with E-state index in [2.05, 4.69) is 10.6 Å². The molecule has 1 spiro atoms. The summed E-state index contributed by atoms with van der Waals surface area (Å²) in [6.45, 7) is 3.85. The molecule has 7 heteroatoms. The molecule has 1 aliphatic heterocycles. The van der Waals surface area contributed by atoms with Gasteiger partial charge in [0, 0.05) is 17.9 Å². The fourth-order valence-corrected chi connectivity index (χ4v) is 4.55. The number of carbonyl (C=O) groups excluding carboxylic acids is 1. The Hall–Kier alpha value is -1.11. The Morgan fingerprint density at radius 2 is 2.00 bits per heavy atom. The van der Waals surface area contributed by atoms with Gasteiger partial charge in [-0.2, -0.15) is 0 Å². The number of sulfone groups is 1. The van der Waals surface area contributed by atoms with Gasteiger partial charge in [-0.3, -0.25) is 4.79 Å². The molecule has 1 atom stereocenters. The summed E-state index contributed by atoms with van der Waals surface area (Å²) in [6.07, 6.45) is 4.34. The topological polar surface area (TPSA) is 75.3 Å². The van der Waals surface area contributed by atoms with Crippen LogP contribution in [0.25, 0.3) is 0 Å². The molecule has 24 heavy (non-hydrogen) atoms. The van der Waals surface area contributed by atoms with Crippen LogP contribution < -0.4 is 10.6 Å². The molecule has 1 saturated heterocycles. The number of piperidine rings is 1. The maximum atomic E-state index is 12.5. The first kappa shape index (κ1) is 19.2. The highest BCUT2D eigenvalue weighted by Gasteiger charge is 2.57. The van der Waals surface area contributed by atoms with Crippen LogP contribution in [0, 0.1) is 18.3 Å². The molecule has 0 radical (unpaired) electrons. The molecule has 2 aliphatic rings. The van der Waals surface area contributed by atoms with Crippen molar-refractivity contribution >= 4 is 33.8 Å². The molecule has 1 heterocycles. The number of carbonyl (C=O) groups is 1. The molecule has 1 aromatic rings. The maximum Gasteiger partial charge on any atom is 0.228 e. The third kappa shape index (κ3) is 4.10. The Kier molecular flexibility index (Phi) is 5.62. The van der Waals surface area contributed by atoms with E-state index in [-0.39, 0.29) is 35.4 Å². The Labute approximate surface area is 149 Å². The van der Waals surface area contributed by atoms with Crippen LogP contribution in [0.1, 0.15) is 30.4 Å². The third-order valence-electron chi connectivity index (χ3n) is 5.23. The van der Waals surface area contributed by atoms with Crippen molar-refractivity contribution in [1.29, 1.82) is 0 Å². The minimum Gasteiger partial charge on any atom is -0.326 e. The quantitative estimate of drug-likeness (QED) is 0.850. The van der Waals surface area contributed by atoms with Gasteiger partial charge in [-0.25, -0.2) is 8.42 Å². The summed E-state index contributed by atoms with van der Waals surface area (Å²) in [5, 5.41) is 6.35. The normalized spacial score (nSPS) is 21.8. The SMILES string of the molecule is Cc1c(CS(C)(=O)=O)cccc1NC(=O)C1CC12CCNCC2.Cl. The van der Waals surface area contributed by atoms with Gasteiger partial charge in [-0.15, -0.1) is 12.4 Å². The van der Waals surface area contributed by atoms with Gasteiger partial charge >= 0.3 is 0 Å². The molecule has 134 valence electrons. The minimum absolute atomic E-state index is 0. The second kappa shape index (κ2) is 7.02. The van der Waals surface area contributed by atoms with Crippen molar-refractivity contribution in [3.8, 4) is 0 Å². The second-order valence-corrected chi connectivity index (χ2v) is 9.16. The molecule has 1 saturated carbocycles. The molecule has 1 unspecified atom stereocenters. The molecule has 5 nitrogen and oxygen atoms in total. The predicted octanol–water partition coefficient (Wildman–Crippen LogP) is 2.29.